The number of carbonyl (C=O) groups excluding carboxylic acids is 4. The molecule has 8 heteroatoms. The number of unbranched alkanes of at least 4 members (excludes halogenated alkanes) is 2. The first-order chi connectivity index (χ1) is 12.5. The minimum Gasteiger partial charge on any atom is -0.494 e. The van der Waals surface area contributed by atoms with Gasteiger partial charge in [0, 0.05) is 6.42 Å². The van der Waals surface area contributed by atoms with E-state index in [4.69, 9.17) is 4.74 Å². The molecule has 0 spiro atoms. The van der Waals surface area contributed by atoms with E-state index in [2.05, 4.69) is 27.9 Å². The summed E-state index contributed by atoms with van der Waals surface area (Å²) in [5.41, 5.74) is 0.501. The standard InChI is InChI=1S/C18H19IN2O5/c19-8-2-1-3-9-26-11-4-5-12-13(10-11)18(25)21(17(12)24)14-6-7-15(22)20-16(14)23/h4-5,10,14H,1-3,6-9H2,(H,20,22,23). The Morgan fingerprint density at radius 3 is 2.58 bits per heavy atom. The highest BCUT2D eigenvalue weighted by Crippen LogP contribution is 2.30. The van der Waals surface area contributed by atoms with Gasteiger partial charge in [0.1, 0.15) is 11.8 Å². The van der Waals surface area contributed by atoms with E-state index in [1.165, 1.54) is 0 Å². The van der Waals surface area contributed by atoms with Crippen LogP contribution in [-0.4, -0.2) is 45.6 Å². The zero-order chi connectivity index (χ0) is 18.7. The van der Waals surface area contributed by atoms with Gasteiger partial charge in [0.05, 0.1) is 17.7 Å². The van der Waals surface area contributed by atoms with Crippen LogP contribution in [0.2, 0.25) is 0 Å². The number of nitrogens with zero attached hydrogens (tertiary/aromatic N) is 1. The minimum atomic E-state index is -0.947. The summed E-state index contributed by atoms with van der Waals surface area (Å²) in [5, 5.41) is 2.18. The predicted octanol–water partition coefficient (Wildman–Crippen LogP) is 2.07. The lowest BCUT2D eigenvalue weighted by atomic mass is 10.0. The number of piperidine rings is 1. The molecule has 3 rings (SSSR count). The molecule has 0 radical (unpaired) electrons. The van der Waals surface area contributed by atoms with Gasteiger partial charge in [-0.2, -0.15) is 0 Å². The summed E-state index contributed by atoms with van der Waals surface area (Å²) in [7, 11) is 0. The molecule has 1 fully saturated rings. The number of ether oxygens (including phenoxy) is 1. The van der Waals surface area contributed by atoms with Crippen LogP contribution in [0.3, 0.4) is 0 Å². The summed E-state index contributed by atoms with van der Waals surface area (Å²) in [6, 6.07) is 3.83. The molecule has 0 aromatic heterocycles. The fraction of sp³-hybridized carbons (Fsp3) is 0.444. The molecule has 1 aromatic carbocycles. The number of amides is 4. The number of benzene rings is 1. The first-order valence-electron chi connectivity index (χ1n) is 8.57. The lowest BCUT2D eigenvalue weighted by molar-refractivity contribution is -0.136. The molecule has 7 nitrogen and oxygen atoms in total. The van der Waals surface area contributed by atoms with Crippen molar-refractivity contribution in [3.63, 3.8) is 0 Å². The van der Waals surface area contributed by atoms with Gasteiger partial charge in [-0.1, -0.05) is 22.6 Å². The summed E-state index contributed by atoms with van der Waals surface area (Å²) in [5.74, 6) is -1.49. The van der Waals surface area contributed by atoms with Gasteiger partial charge in [-0.25, -0.2) is 0 Å². The molecular weight excluding hydrogens is 451 g/mol. The molecular formula is C18H19IN2O5. The van der Waals surface area contributed by atoms with Gasteiger partial charge in [-0.15, -0.1) is 0 Å². The van der Waals surface area contributed by atoms with Crippen molar-refractivity contribution in [3.05, 3.63) is 29.3 Å². The quantitative estimate of drug-likeness (QED) is 0.285. The first-order valence-corrected chi connectivity index (χ1v) is 10.1. The highest BCUT2D eigenvalue weighted by Gasteiger charge is 2.44. The molecule has 0 saturated carbocycles. The zero-order valence-corrected chi connectivity index (χ0v) is 16.3. The number of fused-ring (bicyclic) bond motifs is 1. The van der Waals surface area contributed by atoms with E-state index in [0.29, 0.717) is 12.4 Å². The highest BCUT2D eigenvalue weighted by atomic mass is 127. The third-order valence-electron chi connectivity index (χ3n) is 4.46. The van der Waals surface area contributed by atoms with Crippen LogP contribution in [-0.2, 0) is 9.59 Å². The van der Waals surface area contributed by atoms with Gasteiger partial charge < -0.3 is 4.74 Å². The Morgan fingerprint density at radius 1 is 1.08 bits per heavy atom. The number of hydrogen-bond donors (Lipinski definition) is 1. The molecule has 1 aromatic rings. The Morgan fingerprint density at radius 2 is 1.85 bits per heavy atom. The van der Waals surface area contributed by atoms with Crippen molar-refractivity contribution in [2.24, 2.45) is 0 Å². The van der Waals surface area contributed by atoms with Gasteiger partial charge in [-0.05, 0) is 48.3 Å². The summed E-state index contributed by atoms with van der Waals surface area (Å²) < 4.78 is 6.78. The molecule has 1 saturated heterocycles. The second kappa shape index (κ2) is 8.15. The number of imide groups is 2. The van der Waals surface area contributed by atoms with Crippen molar-refractivity contribution in [2.45, 2.75) is 38.1 Å². The van der Waals surface area contributed by atoms with Crippen LogP contribution in [0.5, 0.6) is 5.75 Å². The van der Waals surface area contributed by atoms with E-state index in [9.17, 15) is 19.2 Å². The predicted molar refractivity (Wildman–Crippen MR) is 101 cm³/mol. The van der Waals surface area contributed by atoms with Crippen LogP contribution >= 0.6 is 22.6 Å². The topological polar surface area (TPSA) is 92.8 Å². The number of halogens is 1. The minimum absolute atomic E-state index is 0.107. The maximum Gasteiger partial charge on any atom is 0.262 e. The van der Waals surface area contributed by atoms with E-state index in [1.807, 2.05) is 0 Å². The number of rotatable bonds is 7. The third kappa shape index (κ3) is 3.74. The maximum atomic E-state index is 12.7. The Kier molecular flexibility index (Phi) is 5.90. The molecule has 1 unspecified atom stereocenters. The van der Waals surface area contributed by atoms with Crippen molar-refractivity contribution < 1.29 is 23.9 Å². The number of nitrogens with one attached hydrogen (secondary N) is 1. The fourth-order valence-electron chi connectivity index (χ4n) is 3.10. The van der Waals surface area contributed by atoms with Crippen LogP contribution in [0.1, 0.15) is 52.8 Å². The summed E-state index contributed by atoms with van der Waals surface area (Å²) in [6.45, 7) is 0.550. The van der Waals surface area contributed by atoms with Gasteiger partial charge in [0.25, 0.3) is 11.8 Å². The van der Waals surface area contributed by atoms with Crippen molar-refractivity contribution in [2.75, 3.05) is 11.0 Å². The summed E-state index contributed by atoms with van der Waals surface area (Å²) in [4.78, 5) is 49.5. The molecule has 4 amide bonds. The molecule has 138 valence electrons. The molecule has 2 heterocycles. The monoisotopic (exact) mass is 470 g/mol. The lowest BCUT2D eigenvalue weighted by Gasteiger charge is -2.27. The number of alkyl halides is 1. The largest absolute Gasteiger partial charge is 0.494 e. The van der Waals surface area contributed by atoms with Crippen LogP contribution in [0.4, 0.5) is 0 Å². The summed E-state index contributed by atoms with van der Waals surface area (Å²) >= 11 is 2.34. The SMILES string of the molecule is O=C1CCC(N2C(=O)c3ccc(OCCCCCI)cc3C2=O)C(=O)N1. The normalized spacial score (nSPS) is 19.6. The average Bonchev–Trinajstić information content (AvgIpc) is 2.86. The zero-order valence-electron chi connectivity index (χ0n) is 14.1. The first kappa shape index (κ1) is 18.8. The lowest BCUT2D eigenvalue weighted by Crippen LogP contribution is -2.54. The molecule has 2 aliphatic rings. The van der Waals surface area contributed by atoms with Crippen molar-refractivity contribution in [1.82, 2.24) is 10.2 Å². The van der Waals surface area contributed by atoms with E-state index < -0.39 is 23.8 Å². The van der Waals surface area contributed by atoms with Crippen LogP contribution in [0.25, 0.3) is 0 Å². The van der Waals surface area contributed by atoms with Crippen LogP contribution in [0, 0.1) is 0 Å². The van der Waals surface area contributed by atoms with Gasteiger partial charge in [0.2, 0.25) is 11.8 Å². The fourth-order valence-corrected chi connectivity index (χ4v) is 3.64. The molecule has 0 bridgehead atoms. The highest BCUT2D eigenvalue weighted by molar-refractivity contribution is 14.1. The molecule has 1 atom stereocenters. The van der Waals surface area contributed by atoms with Crippen molar-refractivity contribution >= 4 is 46.2 Å². The van der Waals surface area contributed by atoms with Crippen LogP contribution < -0.4 is 10.1 Å². The van der Waals surface area contributed by atoms with E-state index in [0.717, 1.165) is 28.6 Å². The third-order valence-corrected chi connectivity index (χ3v) is 5.22. The molecule has 2 aliphatic heterocycles. The Hall–Kier alpha value is -1.97. The van der Waals surface area contributed by atoms with Crippen LogP contribution in [0.15, 0.2) is 18.2 Å². The van der Waals surface area contributed by atoms with Crippen molar-refractivity contribution in [3.8, 4) is 5.75 Å². The molecule has 0 aliphatic carbocycles. The second-order valence-corrected chi connectivity index (χ2v) is 7.33. The second-order valence-electron chi connectivity index (χ2n) is 6.25. The maximum absolute atomic E-state index is 12.7. The van der Waals surface area contributed by atoms with Gasteiger partial charge in [-0.3, -0.25) is 29.4 Å². The Labute approximate surface area is 164 Å². The van der Waals surface area contributed by atoms with Gasteiger partial charge in [0.15, 0.2) is 0 Å². The molecule has 1 N–H and O–H groups in total. The van der Waals surface area contributed by atoms with Gasteiger partial charge >= 0.3 is 0 Å². The van der Waals surface area contributed by atoms with E-state index in [-0.39, 0.29) is 29.9 Å². The number of carbonyl (C=O) groups is 4. The van der Waals surface area contributed by atoms with Crippen molar-refractivity contribution in [1.29, 1.82) is 0 Å². The average molecular weight is 470 g/mol. The Balaban J connectivity index is 1.71. The smallest absolute Gasteiger partial charge is 0.262 e. The molecule has 26 heavy (non-hydrogen) atoms. The van der Waals surface area contributed by atoms with E-state index >= 15 is 0 Å². The number of hydrogen-bond acceptors (Lipinski definition) is 5. The van der Waals surface area contributed by atoms with E-state index in [1.54, 1.807) is 18.2 Å². The Bertz CT molecular complexity index is 764. The summed E-state index contributed by atoms with van der Waals surface area (Å²) in [6.07, 6.45) is 3.40.